The van der Waals surface area contributed by atoms with Gasteiger partial charge in [-0.05, 0) is 24.7 Å². The number of alkyl halides is 1. The number of sulfone groups is 2. The molecule has 17 heavy (non-hydrogen) atoms. The molecule has 0 spiro atoms. The third-order valence-corrected chi connectivity index (χ3v) is 7.73. The highest BCUT2D eigenvalue weighted by Gasteiger charge is 2.33. The van der Waals surface area contributed by atoms with E-state index in [-0.39, 0.29) is 34.8 Å². The van der Waals surface area contributed by atoms with E-state index in [1.54, 1.807) is 6.92 Å². The molecule has 1 fully saturated rings. The van der Waals surface area contributed by atoms with Crippen LogP contribution in [0.2, 0.25) is 0 Å². The highest BCUT2D eigenvalue weighted by Crippen LogP contribution is 2.29. The summed E-state index contributed by atoms with van der Waals surface area (Å²) in [4.78, 5) is 0. The zero-order valence-electron chi connectivity index (χ0n) is 9.93. The third kappa shape index (κ3) is 4.87. The summed E-state index contributed by atoms with van der Waals surface area (Å²) in [6.07, 6.45) is 1.23. The second-order valence-electron chi connectivity index (χ2n) is 4.60. The Kier molecular flexibility index (Phi) is 5.46. The molecule has 1 aliphatic rings. The zero-order chi connectivity index (χ0) is 13.1. The Bertz CT molecular complexity index is 441. The van der Waals surface area contributed by atoms with Crippen LogP contribution in [-0.4, -0.2) is 45.2 Å². The monoisotopic (exact) mass is 346 g/mol. The van der Waals surface area contributed by atoms with Crippen molar-refractivity contribution in [2.75, 3.05) is 28.3 Å². The molecule has 1 rings (SSSR count). The fraction of sp³-hybridized carbons (Fsp3) is 1.00. The maximum atomic E-state index is 11.4. The lowest BCUT2D eigenvalue weighted by molar-refractivity contribution is 0.393. The summed E-state index contributed by atoms with van der Waals surface area (Å²) < 4.78 is 45.6. The number of rotatable bonds is 6. The predicted molar refractivity (Wildman–Crippen MR) is 73.0 cm³/mol. The van der Waals surface area contributed by atoms with Gasteiger partial charge in [0.05, 0.1) is 17.3 Å². The molecule has 0 aromatic rings. The Morgan fingerprint density at radius 2 is 2.06 bits per heavy atom. The van der Waals surface area contributed by atoms with Crippen LogP contribution in [0.5, 0.6) is 0 Å². The average molecular weight is 347 g/mol. The minimum Gasteiger partial charge on any atom is -0.229 e. The van der Waals surface area contributed by atoms with Gasteiger partial charge in [-0.3, -0.25) is 0 Å². The SMILES string of the molecule is CCS(=O)(=O)CCC(CBr)C1CCS(=O)(=O)C1. The molecule has 0 bridgehead atoms. The largest absolute Gasteiger partial charge is 0.229 e. The number of halogens is 1. The Hall–Kier alpha value is 0.380. The van der Waals surface area contributed by atoms with Crippen molar-refractivity contribution >= 4 is 35.6 Å². The molecule has 1 heterocycles. The van der Waals surface area contributed by atoms with E-state index in [1.165, 1.54) is 0 Å². The molecule has 0 aliphatic carbocycles. The van der Waals surface area contributed by atoms with Gasteiger partial charge in [0.15, 0.2) is 9.84 Å². The van der Waals surface area contributed by atoms with Crippen molar-refractivity contribution in [3.8, 4) is 0 Å². The molecule has 0 amide bonds. The molecule has 2 unspecified atom stereocenters. The van der Waals surface area contributed by atoms with Gasteiger partial charge >= 0.3 is 0 Å². The first kappa shape index (κ1) is 15.4. The summed E-state index contributed by atoms with van der Waals surface area (Å²) >= 11 is 3.36. The third-order valence-electron chi connectivity index (χ3n) is 3.37. The van der Waals surface area contributed by atoms with E-state index in [9.17, 15) is 16.8 Å². The summed E-state index contributed by atoms with van der Waals surface area (Å²) in [5.74, 6) is 1.05. The van der Waals surface area contributed by atoms with Gasteiger partial charge < -0.3 is 0 Å². The lowest BCUT2D eigenvalue weighted by atomic mass is 9.91. The van der Waals surface area contributed by atoms with Crippen molar-refractivity contribution in [3.63, 3.8) is 0 Å². The molecule has 0 N–H and O–H groups in total. The lowest BCUT2D eigenvalue weighted by Crippen LogP contribution is -2.22. The molecule has 2 atom stereocenters. The summed E-state index contributed by atoms with van der Waals surface area (Å²) in [5.41, 5.74) is 0. The standard InChI is InChI=1S/C10H19BrO4S2/c1-2-16(12,13)5-3-9(7-11)10-4-6-17(14,15)8-10/h9-10H,2-8H2,1H3. The molecule has 0 radical (unpaired) electrons. The molecular formula is C10H19BrO4S2. The predicted octanol–water partition coefficient (Wildman–Crippen LogP) is 1.26. The van der Waals surface area contributed by atoms with E-state index in [2.05, 4.69) is 15.9 Å². The summed E-state index contributed by atoms with van der Waals surface area (Å²) in [7, 11) is -5.83. The quantitative estimate of drug-likeness (QED) is 0.679. The van der Waals surface area contributed by atoms with Crippen LogP contribution >= 0.6 is 15.9 Å². The maximum absolute atomic E-state index is 11.4. The van der Waals surface area contributed by atoms with Crippen molar-refractivity contribution in [3.05, 3.63) is 0 Å². The van der Waals surface area contributed by atoms with E-state index < -0.39 is 19.7 Å². The van der Waals surface area contributed by atoms with E-state index in [1.807, 2.05) is 0 Å². The fourth-order valence-corrected chi connectivity index (χ4v) is 5.83. The molecule has 0 aromatic heterocycles. The molecule has 1 saturated heterocycles. The van der Waals surface area contributed by atoms with Gasteiger partial charge in [0.1, 0.15) is 9.84 Å². The number of hydrogen-bond donors (Lipinski definition) is 0. The van der Waals surface area contributed by atoms with Gasteiger partial charge in [-0.15, -0.1) is 0 Å². The van der Waals surface area contributed by atoms with Crippen molar-refractivity contribution < 1.29 is 16.8 Å². The summed E-state index contributed by atoms with van der Waals surface area (Å²) in [5, 5.41) is 0.673. The molecule has 0 aromatic carbocycles. The van der Waals surface area contributed by atoms with E-state index >= 15 is 0 Å². The van der Waals surface area contributed by atoms with Crippen LogP contribution in [0.1, 0.15) is 19.8 Å². The van der Waals surface area contributed by atoms with Crippen molar-refractivity contribution in [2.45, 2.75) is 19.8 Å². The van der Waals surface area contributed by atoms with Crippen LogP contribution in [0.25, 0.3) is 0 Å². The van der Waals surface area contributed by atoms with Crippen molar-refractivity contribution in [2.24, 2.45) is 11.8 Å². The molecule has 102 valence electrons. The summed E-state index contributed by atoms with van der Waals surface area (Å²) in [6, 6.07) is 0. The first-order valence-corrected chi connectivity index (χ1v) is 10.5. The van der Waals surface area contributed by atoms with Crippen molar-refractivity contribution in [1.82, 2.24) is 0 Å². The second-order valence-corrected chi connectivity index (χ2v) is 9.95. The molecule has 1 aliphatic heterocycles. The second kappa shape index (κ2) is 6.02. The van der Waals surface area contributed by atoms with Crippen molar-refractivity contribution in [1.29, 1.82) is 0 Å². The number of hydrogen-bond acceptors (Lipinski definition) is 4. The molecule has 4 nitrogen and oxygen atoms in total. The maximum Gasteiger partial charge on any atom is 0.150 e. The molecule has 7 heteroatoms. The smallest absolute Gasteiger partial charge is 0.150 e. The topological polar surface area (TPSA) is 68.3 Å². The average Bonchev–Trinajstić information content (AvgIpc) is 2.60. The zero-order valence-corrected chi connectivity index (χ0v) is 13.2. The van der Waals surface area contributed by atoms with Gasteiger partial charge in [-0.25, -0.2) is 16.8 Å². The minimum absolute atomic E-state index is 0.117. The minimum atomic E-state index is -2.95. The van der Waals surface area contributed by atoms with E-state index in [0.717, 1.165) is 0 Å². The van der Waals surface area contributed by atoms with Gasteiger partial charge in [0.2, 0.25) is 0 Å². The van der Waals surface area contributed by atoms with E-state index in [0.29, 0.717) is 18.2 Å². The van der Waals surface area contributed by atoms with Crippen LogP contribution in [0.15, 0.2) is 0 Å². The Balaban J connectivity index is 2.56. The Morgan fingerprint density at radius 1 is 1.41 bits per heavy atom. The first-order chi connectivity index (χ1) is 7.79. The highest BCUT2D eigenvalue weighted by atomic mass is 79.9. The van der Waals surface area contributed by atoms with Crippen LogP contribution in [0, 0.1) is 11.8 Å². The van der Waals surface area contributed by atoms with Crippen LogP contribution in [0.3, 0.4) is 0 Å². The lowest BCUT2D eigenvalue weighted by Gasteiger charge is -2.19. The van der Waals surface area contributed by atoms with E-state index in [4.69, 9.17) is 0 Å². The van der Waals surface area contributed by atoms with Gasteiger partial charge in [-0.2, -0.15) is 0 Å². The Morgan fingerprint density at radius 3 is 2.47 bits per heavy atom. The van der Waals surface area contributed by atoms with Gasteiger partial charge in [-0.1, -0.05) is 22.9 Å². The van der Waals surface area contributed by atoms with Gasteiger partial charge in [0.25, 0.3) is 0 Å². The molecule has 0 saturated carbocycles. The van der Waals surface area contributed by atoms with Crippen LogP contribution < -0.4 is 0 Å². The Labute approximate surface area is 112 Å². The van der Waals surface area contributed by atoms with Gasteiger partial charge in [0, 0.05) is 11.1 Å². The highest BCUT2D eigenvalue weighted by molar-refractivity contribution is 9.09. The van der Waals surface area contributed by atoms with Crippen LogP contribution in [-0.2, 0) is 19.7 Å². The van der Waals surface area contributed by atoms with Crippen LogP contribution in [0.4, 0.5) is 0 Å². The molecular weight excluding hydrogens is 328 g/mol. The summed E-state index contributed by atoms with van der Waals surface area (Å²) in [6.45, 7) is 1.64. The normalized spacial score (nSPS) is 25.9. The fourth-order valence-electron chi connectivity index (χ4n) is 2.11. The first-order valence-electron chi connectivity index (χ1n) is 5.76.